The van der Waals surface area contributed by atoms with Gasteiger partial charge in [-0.1, -0.05) is 19.3 Å². The predicted molar refractivity (Wildman–Crippen MR) is 108 cm³/mol. The van der Waals surface area contributed by atoms with Crippen molar-refractivity contribution in [2.24, 2.45) is 0 Å². The highest BCUT2D eigenvalue weighted by molar-refractivity contribution is 5.54. The predicted octanol–water partition coefficient (Wildman–Crippen LogP) is 4.56. The summed E-state index contributed by atoms with van der Waals surface area (Å²) in [6.45, 7) is 0. The van der Waals surface area contributed by atoms with E-state index in [0.29, 0.717) is 17.2 Å². The number of aromatic hydroxyl groups is 3. The van der Waals surface area contributed by atoms with E-state index in [4.69, 9.17) is 14.2 Å². The Morgan fingerprint density at radius 2 is 1.04 bits per heavy atom. The zero-order chi connectivity index (χ0) is 20.5. The van der Waals surface area contributed by atoms with Crippen LogP contribution in [0.15, 0.2) is 24.3 Å². The first kappa shape index (κ1) is 21.5. The minimum absolute atomic E-state index is 0.277. The van der Waals surface area contributed by atoms with Gasteiger partial charge >= 0.3 is 0 Å². The van der Waals surface area contributed by atoms with Gasteiger partial charge in [0.1, 0.15) is 0 Å². The zero-order valence-electron chi connectivity index (χ0n) is 16.8. The Hall–Kier alpha value is -2.76. The lowest BCUT2D eigenvalue weighted by atomic mass is 10.0. The number of benzene rings is 2. The zero-order valence-corrected chi connectivity index (χ0v) is 16.8. The number of phenolic OH excluding ortho intramolecular Hbond substituents is 3. The van der Waals surface area contributed by atoms with Crippen molar-refractivity contribution in [2.45, 2.75) is 44.9 Å². The Morgan fingerprint density at radius 3 is 1.46 bits per heavy atom. The van der Waals surface area contributed by atoms with Gasteiger partial charge in [0.2, 0.25) is 5.75 Å². The van der Waals surface area contributed by atoms with E-state index in [-0.39, 0.29) is 11.5 Å². The van der Waals surface area contributed by atoms with Crippen LogP contribution in [0.4, 0.5) is 0 Å². The standard InChI is InChI=1S/C22H30O6/c1-26-19-13-16(14-20(27-2)22(19)28-3)10-8-6-4-5-7-9-15-11-17(23)21(25)18(24)12-15/h11-14,23-25H,4-10H2,1-3H3. The second kappa shape index (κ2) is 10.5. The van der Waals surface area contributed by atoms with E-state index in [1.807, 2.05) is 12.1 Å². The molecule has 2 rings (SSSR count). The molecule has 0 saturated heterocycles. The van der Waals surface area contributed by atoms with Gasteiger partial charge in [0, 0.05) is 0 Å². The Morgan fingerprint density at radius 1 is 0.607 bits per heavy atom. The molecule has 2 aromatic carbocycles. The highest BCUT2D eigenvalue weighted by Gasteiger charge is 2.13. The van der Waals surface area contributed by atoms with Crippen LogP contribution in [0.25, 0.3) is 0 Å². The summed E-state index contributed by atoms with van der Waals surface area (Å²) in [6.07, 6.45) is 7.03. The molecule has 154 valence electrons. The lowest BCUT2D eigenvalue weighted by Gasteiger charge is -2.14. The molecule has 0 radical (unpaired) electrons. The number of ether oxygens (including phenoxy) is 3. The molecule has 0 heterocycles. The largest absolute Gasteiger partial charge is 0.504 e. The summed E-state index contributed by atoms with van der Waals surface area (Å²) in [5.74, 6) is 0.950. The molecule has 0 aliphatic carbocycles. The monoisotopic (exact) mass is 390 g/mol. The molecule has 3 N–H and O–H groups in total. The molecule has 6 nitrogen and oxygen atoms in total. The van der Waals surface area contributed by atoms with Crippen molar-refractivity contribution < 1.29 is 29.5 Å². The van der Waals surface area contributed by atoms with E-state index in [1.165, 1.54) is 12.1 Å². The number of rotatable bonds is 11. The Kier molecular flexibility index (Phi) is 8.11. The Labute approximate surface area is 166 Å². The van der Waals surface area contributed by atoms with Gasteiger partial charge in [-0.25, -0.2) is 0 Å². The quantitative estimate of drug-likeness (QED) is 0.385. The van der Waals surface area contributed by atoms with Crippen molar-refractivity contribution in [1.82, 2.24) is 0 Å². The molecular weight excluding hydrogens is 360 g/mol. The lowest BCUT2D eigenvalue weighted by Crippen LogP contribution is -1.97. The normalized spacial score (nSPS) is 10.7. The van der Waals surface area contributed by atoms with E-state index in [9.17, 15) is 15.3 Å². The van der Waals surface area contributed by atoms with Crippen LogP contribution >= 0.6 is 0 Å². The van der Waals surface area contributed by atoms with Crippen LogP contribution in [-0.4, -0.2) is 36.6 Å². The molecule has 0 saturated carbocycles. The number of hydrogen-bond donors (Lipinski definition) is 3. The summed E-state index contributed by atoms with van der Waals surface area (Å²) in [5.41, 5.74) is 1.98. The Bertz CT molecular complexity index is 724. The van der Waals surface area contributed by atoms with Crippen molar-refractivity contribution in [3.05, 3.63) is 35.4 Å². The molecular formula is C22H30O6. The third-order valence-corrected chi connectivity index (χ3v) is 4.78. The second-order valence-corrected chi connectivity index (χ2v) is 6.78. The van der Waals surface area contributed by atoms with Crippen molar-refractivity contribution in [1.29, 1.82) is 0 Å². The van der Waals surface area contributed by atoms with E-state index in [2.05, 4.69) is 0 Å². The van der Waals surface area contributed by atoms with Gasteiger partial charge < -0.3 is 29.5 Å². The van der Waals surface area contributed by atoms with E-state index < -0.39 is 5.75 Å². The first-order chi connectivity index (χ1) is 13.5. The third-order valence-electron chi connectivity index (χ3n) is 4.78. The van der Waals surface area contributed by atoms with Gasteiger partial charge in [-0.05, 0) is 61.1 Å². The van der Waals surface area contributed by atoms with Crippen molar-refractivity contribution in [2.75, 3.05) is 21.3 Å². The molecule has 0 atom stereocenters. The van der Waals surface area contributed by atoms with Gasteiger partial charge in [0.25, 0.3) is 0 Å². The molecule has 2 aromatic rings. The first-order valence-corrected chi connectivity index (χ1v) is 9.52. The van der Waals surface area contributed by atoms with Crippen LogP contribution in [0.3, 0.4) is 0 Å². The molecule has 0 amide bonds. The highest BCUT2D eigenvalue weighted by atomic mass is 16.5. The Balaban J connectivity index is 1.73. The summed E-state index contributed by atoms with van der Waals surface area (Å²) in [7, 11) is 4.84. The van der Waals surface area contributed by atoms with Crippen molar-refractivity contribution >= 4 is 0 Å². The minimum atomic E-state index is -0.462. The number of methoxy groups -OCH3 is 3. The van der Waals surface area contributed by atoms with Crippen molar-refractivity contribution in [3.63, 3.8) is 0 Å². The number of aryl methyl sites for hydroxylation is 2. The second-order valence-electron chi connectivity index (χ2n) is 6.78. The third kappa shape index (κ3) is 5.62. The van der Waals surface area contributed by atoms with Crippen LogP contribution in [0.2, 0.25) is 0 Å². The SMILES string of the molecule is COc1cc(CCCCCCCc2cc(O)c(O)c(O)c2)cc(OC)c1OC. The fourth-order valence-corrected chi connectivity index (χ4v) is 3.27. The van der Waals surface area contributed by atoms with Gasteiger partial charge in [-0.3, -0.25) is 0 Å². The maximum atomic E-state index is 9.53. The molecule has 0 aliphatic rings. The average Bonchev–Trinajstić information content (AvgIpc) is 2.70. The molecule has 0 aromatic heterocycles. The maximum absolute atomic E-state index is 9.53. The van der Waals surface area contributed by atoms with Crippen LogP contribution < -0.4 is 14.2 Å². The van der Waals surface area contributed by atoms with Crippen LogP contribution in [-0.2, 0) is 12.8 Å². The molecule has 0 bridgehead atoms. The van der Waals surface area contributed by atoms with E-state index >= 15 is 0 Å². The first-order valence-electron chi connectivity index (χ1n) is 9.52. The smallest absolute Gasteiger partial charge is 0.203 e. The highest BCUT2D eigenvalue weighted by Crippen LogP contribution is 2.38. The van der Waals surface area contributed by atoms with Crippen molar-refractivity contribution in [3.8, 4) is 34.5 Å². The van der Waals surface area contributed by atoms with Gasteiger partial charge in [-0.2, -0.15) is 0 Å². The van der Waals surface area contributed by atoms with Gasteiger partial charge in [0.05, 0.1) is 21.3 Å². The average molecular weight is 390 g/mol. The van der Waals surface area contributed by atoms with E-state index in [0.717, 1.165) is 56.1 Å². The lowest BCUT2D eigenvalue weighted by molar-refractivity contribution is 0.323. The van der Waals surface area contributed by atoms with Crippen LogP contribution in [0, 0.1) is 0 Å². The number of phenols is 3. The number of hydrogen-bond acceptors (Lipinski definition) is 6. The van der Waals surface area contributed by atoms with Crippen LogP contribution in [0.1, 0.15) is 43.2 Å². The molecule has 0 spiro atoms. The maximum Gasteiger partial charge on any atom is 0.203 e. The summed E-state index contributed by atoms with van der Waals surface area (Å²) in [6, 6.07) is 6.98. The fraction of sp³-hybridized carbons (Fsp3) is 0.455. The van der Waals surface area contributed by atoms with Gasteiger partial charge in [-0.15, -0.1) is 0 Å². The summed E-state index contributed by atoms with van der Waals surface area (Å²) >= 11 is 0. The molecule has 6 heteroatoms. The van der Waals surface area contributed by atoms with E-state index in [1.54, 1.807) is 21.3 Å². The topological polar surface area (TPSA) is 88.4 Å². The summed E-state index contributed by atoms with van der Waals surface area (Å²) < 4.78 is 16.1. The molecule has 0 aliphatic heterocycles. The molecule has 0 unspecified atom stereocenters. The molecule has 28 heavy (non-hydrogen) atoms. The fourth-order valence-electron chi connectivity index (χ4n) is 3.27. The minimum Gasteiger partial charge on any atom is -0.504 e. The number of unbranched alkanes of at least 4 members (excludes halogenated alkanes) is 4. The summed E-state index contributed by atoms with van der Waals surface area (Å²) in [4.78, 5) is 0. The summed E-state index contributed by atoms with van der Waals surface area (Å²) in [5, 5.41) is 28.4. The van der Waals surface area contributed by atoms with Crippen LogP contribution in [0.5, 0.6) is 34.5 Å². The molecule has 0 fully saturated rings. The van der Waals surface area contributed by atoms with Gasteiger partial charge in [0.15, 0.2) is 28.7 Å².